The van der Waals surface area contributed by atoms with E-state index in [0.717, 1.165) is 12.8 Å². The lowest BCUT2D eigenvalue weighted by atomic mass is 9.95. The first-order valence-electron chi connectivity index (χ1n) is 6.71. The van der Waals surface area contributed by atoms with Crippen LogP contribution in [-0.4, -0.2) is 36.3 Å². The number of amides is 2. The molecule has 2 amide bonds. The maximum absolute atomic E-state index is 11.9. The molecular weight excluding hydrogens is 228 g/mol. The van der Waals surface area contributed by atoms with Gasteiger partial charge in [-0.25, -0.2) is 0 Å². The number of hydrogen-bond donors (Lipinski definition) is 1. The Balaban J connectivity index is 2.34. The van der Waals surface area contributed by atoms with Crippen LogP contribution in [-0.2, 0) is 9.59 Å². The van der Waals surface area contributed by atoms with Crippen molar-refractivity contribution in [3.63, 3.8) is 0 Å². The van der Waals surface area contributed by atoms with E-state index in [2.05, 4.69) is 11.9 Å². The van der Waals surface area contributed by atoms with Crippen molar-refractivity contribution in [3.05, 3.63) is 12.7 Å². The Morgan fingerprint density at radius 2 is 2.00 bits per heavy atom. The SMILES string of the molecule is C=CCNC(=O)C1CCN(C(=O)CC(C)C)CC1. The Labute approximate surface area is 109 Å². The van der Waals surface area contributed by atoms with Crippen LogP contribution < -0.4 is 5.32 Å². The molecule has 0 saturated carbocycles. The molecule has 0 aliphatic carbocycles. The van der Waals surface area contributed by atoms with Gasteiger partial charge in [-0.2, -0.15) is 0 Å². The second-order valence-corrected chi connectivity index (χ2v) is 5.29. The van der Waals surface area contributed by atoms with Gasteiger partial charge in [0.2, 0.25) is 11.8 Å². The maximum atomic E-state index is 11.9. The van der Waals surface area contributed by atoms with E-state index in [9.17, 15) is 9.59 Å². The lowest BCUT2D eigenvalue weighted by molar-refractivity contribution is -0.136. The largest absolute Gasteiger partial charge is 0.352 e. The lowest BCUT2D eigenvalue weighted by Gasteiger charge is -2.31. The van der Waals surface area contributed by atoms with E-state index in [-0.39, 0.29) is 17.7 Å². The van der Waals surface area contributed by atoms with Gasteiger partial charge in [-0.3, -0.25) is 9.59 Å². The Morgan fingerprint density at radius 1 is 1.39 bits per heavy atom. The van der Waals surface area contributed by atoms with Crippen LogP contribution in [0.15, 0.2) is 12.7 Å². The second-order valence-electron chi connectivity index (χ2n) is 5.29. The third-order valence-corrected chi connectivity index (χ3v) is 3.22. The molecule has 0 spiro atoms. The summed E-state index contributed by atoms with van der Waals surface area (Å²) in [6.07, 6.45) is 3.83. The summed E-state index contributed by atoms with van der Waals surface area (Å²) in [6.45, 7) is 9.60. The fourth-order valence-electron chi connectivity index (χ4n) is 2.19. The molecule has 1 aliphatic heterocycles. The molecule has 0 aromatic carbocycles. The third-order valence-electron chi connectivity index (χ3n) is 3.22. The fraction of sp³-hybridized carbons (Fsp3) is 0.714. The number of carbonyl (C=O) groups excluding carboxylic acids is 2. The smallest absolute Gasteiger partial charge is 0.223 e. The molecule has 1 saturated heterocycles. The normalized spacial score (nSPS) is 16.7. The molecule has 1 aliphatic rings. The monoisotopic (exact) mass is 252 g/mol. The van der Waals surface area contributed by atoms with E-state index in [1.54, 1.807) is 6.08 Å². The number of hydrogen-bond acceptors (Lipinski definition) is 2. The summed E-state index contributed by atoms with van der Waals surface area (Å²) in [6, 6.07) is 0. The summed E-state index contributed by atoms with van der Waals surface area (Å²) in [7, 11) is 0. The van der Waals surface area contributed by atoms with E-state index < -0.39 is 0 Å². The summed E-state index contributed by atoms with van der Waals surface area (Å²) < 4.78 is 0. The van der Waals surface area contributed by atoms with Crippen molar-refractivity contribution in [1.29, 1.82) is 0 Å². The Hall–Kier alpha value is -1.32. The molecule has 0 atom stereocenters. The summed E-state index contributed by atoms with van der Waals surface area (Å²) in [5, 5.41) is 2.82. The van der Waals surface area contributed by atoms with Gasteiger partial charge in [0.1, 0.15) is 0 Å². The van der Waals surface area contributed by atoms with Crippen molar-refractivity contribution in [3.8, 4) is 0 Å². The quantitative estimate of drug-likeness (QED) is 0.755. The van der Waals surface area contributed by atoms with Crippen LogP contribution in [0.3, 0.4) is 0 Å². The highest BCUT2D eigenvalue weighted by Crippen LogP contribution is 2.18. The predicted octanol–water partition coefficient (Wildman–Crippen LogP) is 1.57. The Bertz CT molecular complexity index is 305. The van der Waals surface area contributed by atoms with Crippen LogP contribution in [0, 0.1) is 11.8 Å². The topological polar surface area (TPSA) is 49.4 Å². The maximum Gasteiger partial charge on any atom is 0.223 e. The highest BCUT2D eigenvalue weighted by molar-refractivity contribution is 5.80. The van der Waals surface area contributed by atoms with Gasteiger partial charge < -0.3 is 10.2 Å². The van der Waals surface area contributed by atoms with E-state index in [1.165, 1.54) is 0 Å². The number of carbonyl (C=O) groups is 2. The highest BCUT2D eigenvalue weighted by Gasteiger charge is 2.26. The molecule has 4 nitrogen and oxygen atoms in total. The molecular formula is C14H24N2O2. The fourth-order valence-corrected chi connectivity index (χ4v) is 2.19. The van der Waals surface area contributed by atoms with Gasteiger partial charge in [0.25, 0.3) is 0 Å². The van der Waals surface area contributed by atoms with Crippen LogP contribution in [0.25, 0.3) is 0 Å². The van der Waals surface area contributed by atoms with E-state index >= 15 is 0 Å². The minimum Gasteiger partial charge on any atom is -0.352 e. The average Bonchev–Trinajstić information content (AvgIpc) is 2.35. The van der Waals surface area contributed by atoms with Crippen molar-refractivity contribution in [2.45, 2.75) is 33.1 Å². The van der Waals surface area contributed by atoms with Gasteiger partial charge in [-0.05, 0) is 18.8 Å². The first-order chi connectivity index (χ1) is 8.54. The molecule has 0 unspecified atom stereocenters. The van der Waals surface area contributed by atoms with Gasteiger partial charge in [0.05, 0.1) is 0 Å². The Kier molecular flexibility index (Phi) is 5.89. The number of piperidine rings is 1. The number of likely N-dealkylation sites (tertiary alicyclic amines) is 1. The summed E-state index contributed by atoms with van der Waals surface area (Å²) in [4.78, 5) is 25.5. The third kappa shape index (κ3) is 4.51. The molecule has 18 heavy (non-hydrogen) atoms. The van der Waals surface area contributed by atoms with Gasteiger partial charge in [0, 0.05) is 32.0 Å². The number of rotatable bonds is 5. The highest BCUT2D eigenvalue weighted by atomic mass is 16.2. The molecule has 1 rings (SSSR count). The van der Waals surface area contributed by atoms with Crippen molar-refractivity contribution in [2.24, 2.45) is 11.8 Å². The zero-order chi connectivity index (χ0) is 13.5. The first-order valence-corrected chi connectivity index (χ1v) is 6.71. The minimum absolute atomic E-state index is 0.0491. The lowest BCUT2D eigenvalue weighted by Crippen LogP contribution is -2.43. The van der Waals surface area contributed by atoms with Gasteiger partial charge in [-0.15, -0.1) is 6.58 Å². The number of nitrogens with zero attached hydrogens (tertiary/aromatic N) is 1. The van der Waals surface area contributed by atoms with E-state index in [4.69, 9.17) is 0 Å². The summed E-state index contributed by atoms with van der Waals surface area (Å²) >= 11 is 0. The van der Waals surface area contributed by atoms with Crippen LogP contribution in [0.5, 0.6) is 0 Å². The van der Waals surface area contributed by atoms with Crippen LogP contribution in [0.2, 0.25) is 0 Å². The standard InChI is InChI=1S/C14H24N2O2/c1-4-7-15-14(18)12-5-8-16(9-6-12)13(17)10-11(2)3/h4,11-12H,1,5-10H2,2-3H3,(H,15,18). The molecule has 0 aromatic rings. The molecule has 0 radical (unpaired) electrons. The molecule has 102 valence electrons. The van der Waals surface area contributed by atoms with E-state index in [1.807, 2.05) is 18.7 Å². The van der Waals surface area contributed by atoms with Gasteiger partial charge >= 0.3 is 0 Å². The Morgan fingerprint density at radius 3 is 2.50 bits per heavy atom. The zero-order valence-corrected chi connectivity index (χ0v) is 11.4. The second kappa shape index (κ2) is 7.19. The summed E-state index contributed by atoms with van der Waals surface area (Å²) in [5.41, 5.74) is 0. The van der Waals surface area contributed by atoms with Crippen LogP contribution in [0.4, 0.5) is 0 Å². The van der Waals surface area contributed by atoms with Crippen molar-refractivity contribution >= 4 is 11.8 Å². The van der Waals surface area contributed by atoms with Crippen molar-refractivity contribution < 1.29 is 9.59 Å². The molecule has 4 heteroatoms. The average molecular weight is 252 g/mol. The molecule has 1 fully saturated rings. The summed E-state index contributed by atoms with van der Waals surface area (Å²) in [5.74, 6) is 0.750. The van der Waals surface area contributed by atoms with Crippen LogP contribution >= 0.6 is 0 Å². The molecule has 1 N–H and O–H groups in total. The van der Waals surface area contributed by atoms with E-state index in [0.29, 0.717) is 32.0 Å². The predicted molar refractivity (Wildman–Crippen MR) is 72.0 cm³/mol. The molecule has 1 heterocycles. The zero-order valence-electron chi connectivity index (χ0n) is 11.4. The molecule has 0 bridgehead atoms. The van der Waals surface area contributed by atoms with Crippen molar-refractivity contribution in [1.82, 2.24) is 10.2 Å². The van der Waals surface area contributed by atoms with Gasteiger partial charge in [-0.1, -0.05) is 19.9 Å². The minimum atomic E-state index is 0.0491. The number of nitrogens with one attached hydrogen (secondary N) is 1. The molecule has 0 aromatic heterocycles. The van der Waals surface area contributed by atoms with Crippen molar-refractivity contribution in [2.75, 3.05) is 19.6 Å². The van der Waals surface area contributed by atoms with Gasteiger partial charge in [0.15, 0.2) is 0 Å². The first kappa shape index (κ1) is 14.7. The van der Waals surface area contributed by atoms with Crippen LogP contribution in [0.1, 0.15) is 33.1 Å².